The van der Waals surface area contributed by atoms with Crippen LogP contribution in [0.4, 0.5) is 11.4 Å². The van der Waals surface area contributed by atoms with Gasteiger partial charge in [-0.05, 0) is 66.9 Å². The molecule has 186 valence electrons. The lowest BCUT2D eigenvalue weighted by molar-refractivity contribution is 0.185. The number of nitrogens with zero attached hydrogens (tertiary/aromatic N) is 1. The Kier molecular flexibility index (Phi) is 7.64. The molecule has 4 rings (SSSR count). The lowest BCUT2D eigenvalue weighted by atomic mass is 10.0. The Balaban J connectivity index is 1.55. The number of methoxy groups -OCH3 is 2. The number of hydrogen-bond donors (Lipinski definition) is 2. The van der Waals surface area contributed by atoms with Gasteiger partial charge in [0, 0.05) is 32.3 Å². The number of ether oxygens (including phenoxy) is 2. The molecule has 0 amide bonds. The molecular formula is C27H33N3O4S. The first kappa shape index (κ1) is 25.0. The number of rotatable bonds is 8. The second-order valence-electron chi connectivity index (χ2n) is 9.02. The summed E-state index contributed by atoms with van der Waals surface area (Å²) < 4.78 is 39.8. The van der Waals surface area contributed by atoms with Crippen LogP contribution in [0.5, 0.6) is 5.75 Å². The third-order valence-corrected chi connectivity index (χ3v) is 7.46. The van der Waals surface area contributed by atoms with Crippen molar-refractivity contribution in [3.63, 3.8) is 0 Å². The van der Waals surface area contributed by atoms with E-state index in [2.05, 4.69) is 28.8 Å². The van der Waals surface area contributed by atoms with E-state index in [0.29, 0.717) is 30.1 Å². The van der Waals surface area contributed by atoms with Gasteiger partial charge in [-0.2, -0.15) is 0 Å². The molecular weight excluding hydrogens is 462 g/mol. The molecule has 1 fully saturated rings. The third kappa shape index (κ3) is 5.96. The molecule has 2 N–H and O–H groups in total. The highest BCUT2D eigenvalue weighted by Gasteiger charge is 2.24. The Morgan fingerprint density at radius 3 is 2.31 bits per heavy atom. The second kappa shape index (κ2) is 10.7. The average Bonchev–Trinajstić information content (AvgIpc) is 2.84. The van der Waals surface area contributed by atoms with E-state index in [1.54, 1.807) is 38.5 Å². The first-order valence-electron chi connectivity index (χ1n) is 11.7. The van der Waals surface area contributed by atoms with E-state index in [-0.39, 0.29) is 4.90 Å². The molecule has 1 aliphatic rings. The zero-order valence-corrected chi connectivity index (χ0v) is 21.4. The van der Waals surface area contributed by atoms with E-state index in [1.165, 1.54) is 0 Å². The monoisotopic (exact) mass is 495 g/mol. The Morgan fingerprint density at radius 2 is 1.66 bits per heavy atom. The summed E-state index contributed by atoms with van der Waals surface area (Å²) in [5, 5.41) is 3.52. The van der Waals surface area contributed by atoms with E-state index < -0.39 is 10.0 Å². The van der Waals surface area contributed by atoms with Gasteiger partial charge in [0.15, 0.2) is 0 Å². The standard InChI is InChI=1S/C27H33N3O4S/c1-19-16-30(17-20(2)28-19)26-15-24(10-13-27(26)34-4)29-35(31,32)25-11-8-22(9-12-25)23-7-5-6-21(14-23)18-33-3/h5-15,19-20,28-29H,16-18H2,1-4H3. The Bertz CT molecular complexity index is 1250. The quantitative estimate of drug-likeness (QED) is 0.479. The number of nitrogens with one attached hydrogen (secondary N) is 2. The number of anilines is 2. The van der Waals surface area contributed by atoms with Gasteiger partial charge >= 0.3 is 0 Å². The molecule has 8 heteroatoms. The molecule has 0 aromatic heterocycles. The SMILES string of the molecule is COCc1cccc(-c2ccc(S(=O)(=O)Nc3ccc(OC)c(N4CC(C)NC(C)C4)c3)cc2)c1. The summed E-state index contributed by atoms with van der Waals surface area (Å²) in [6.45, 7) is 6.42. The van der Waals surface area contributed by atoms with E-state index >= 15 is 0 Å². The van der Waals surface area contributed by atoms with E-state index in [0.717, 1.165) is 35.5 Å². The van der Waals surface area contributed by atoms with E-state index in [9.17, 15) is 8.42 Å². The molecule has 2 atom stereocenters. The van der Waals surface area contributed by atoms with E-state index in [1.807, 2.05) is 42.5 Å². The van der Waals surface area contributed by atoms with Crippen molar-refractivity contribution in [3.05, 3.63) is 72.3 Å². The van der Waals surface area contributed by atoms with Crippen LogP contribution in [0.3, 0.4) is 0 Å². The van der Waals surface area contributed by atoms with Crippen molar-refractivity contribution in [2.45, 2.75) is 37.4 Å². The van der Waals surface area contributed by atoms with E-state index in [4.69, 9.17) is 9.47 Å². The van der Waals surface area contributed by atoms with Gasteiger partial charge in [-0.25, -0.2) is 8.42 Å². The van der Waals surface area contributed by atoms with Crippen molar-refractivity contribution in [2.24, 2.45) is 0 Å². The van der Waals surface area contributed by atoms with Crippen LogP contribution in [0.1, 0.15) is 19.4 Å². The molecule has 3 aromatic carbocycles. The molecule has 0 radical (unpaired) electrons. The van der Waals surface area contributed by atoms with Gasteiger partial charge in [0.05, 0.1) is 30.0 Å². The van der Waals surface area contributed by atoms with Gasteiger partial charge < -0.3 is 19.7 Å². The predicted molar refractivity (Wildman–Crippen MR) is 141 cm³/mol. The summed E-state index contributed by atoms with van der Waals surface area (Å²) in [6, 6.07) is 20.9. The van der Waals surface area contributed by atoms with Crippen LogP contribution in [0.2, 0.25) is 0 Å². The van der Waals surface area contributed by atoms with Gasteiger partial charge in [-0.1, -0.05) is 30.3 Å². The van der Waals surface area contributed by atoms with Crippen LogP contribution in [0.15, 0.2) is 71.6 Å². The van der Waals surface area contributed by atoms with Crippen LogP contribution in [0.25, 0.3) is 11.1 Å². The van der Waals surface area contributed by atoms with Crippen LogP contribution in [0, 0.1) is 0 Å². The fraction of sp³-hybridized carbons (Fsp3) is 0.333. The highest BCUT2D eigenvalue weighted by Crippen LogP contribution is 2.33. The topological polar surface area (TPSA) is 79.9 Å². The minimum absolute atomic E-state index is 0.205. The van der Waals surface area contributed by atoms with Gasteiger partial charge in [0.2, 0.25) is 0 Å². The van der Waals surface area contributed by atoms with Crippen LogP contribution < -0.4 is 19.7 Å². The minimum Gasteiger partial charge on any atom is -0.495 e. The zero-order chi connectivity index (χ0) is 25.0. The number of sulfonamides is 1. The maximum absolute atomic E-state index is 13.2. The van der Waals surface area contributed by atoms with Crippen molar-refractivity contribution >= 4 is 21.4 Å². The first-order valence-corrected chi connectivity index (χ1v) is 13.2. The first-order chi connectivity index (χ1) is 16.8. The lowest BCUT2D eigenvalue weighted by Crippen LogP contribution is -2.54. The summed E-state index contributed by atoms with van der Waals surface area (Å²) in [4.78, 5) is 2.44. The maximum Gasteiger partial charge on any atom is 0.261 e. The van der Waals surface area contributed by atoms with Crippen LogP contribution >= 0.6 is 0 Å². The van der Waals surface area contributed by atoms with Gasteiger partial charge in [-0.15, -0.1) is 0 Å². The van der Waals surface area contributed by atoms with Gasteiger partial charge in [-0.3, -0.25) is 4.72 Å². The fourth-order valence-electron chi connectivity index (χ4n) is 4.57. The summed E-state index contributed by atoms with van der Waals surface area (Å²) in [7, 11) is -0.468. The van der Waals surface area contributed by atoms with Crippen LogP contribution in [-0.4, -0.2) is 47.8 Å². The molecule has 2 unspecified atom stereocenters. The summed E-state index contributed by atoms with van der Waals surface area (Å²) >= 11 is 0. The van der Waals surface area contributed by atoms with Crippen molar-refractivity contribution in [1.82, 2.24) is 5.32 Å². The van der Waals surface area contributed by atoms with Crippen LogP contribution in [-0.2, 0) is 21.4 Å². The molecule has 0 spiro atoms. The molecule has 1 saturated heterocycles. The smallest absolute Gasteiger partial charge is 0.261 e. The minimum atomic E-state index is -3.76. The average molecular weight is 496 g/mol. The Morgan fingerprint density at radius 1 is 0.943 bits per heavy atom. The van der Waals surface area contributed by atoms with Crippen molar-refractivity contribution < 1.29 is 17.9 Å². The van der Waals surface area contributed by atoms with Gasteiger partial charge in [0.25, 0.3) is 10.0 Å². The largest absolute Gasteiger partial charge is 0.495 e. The highest BCUT2D eigenvalue weighted by molar-refractivity contribution is 7.92. The third-order valence-electron chi connectivity index (χ3n) is 6.07. The molecule has 35 heavy (non-hydrogen) atoms. The fourth-order valence-corrected chi connectivity index (χ4v) is 5.62. The summed E-state index contributed by atoms with van der Waals surface area (Å²) in [6.07, 6.45) is 0. The number of piperazine rings is 1. The molecule has 0 bridgehead atoms. The molecule has 7 nitrogen and oxygen atoms in total. The van der Waals surface area contributed by atoms with Crippen molar-refractivity contribution in [2.75, 3.05) is 36.9 Å². The molecule has 1 heterocycles. The maximum atomic E-state index is 13.2. The summed E-state index contributed by atoms with van der Waals surface area (Å²) in [5.74, 6) is 0.717. The predicted octanol–water partition coefficient (Wildman–Crippen LogP) is 4.50. The number of benzene rings is 3. The molecule has 1 aliphatic heterocycles. The molecule has 0 saturated carbocycles. The zero-order valence-electron chi connectivity index (χ0n) is 20.6. The lowest BCUT2D eigenvalue weighted by Gasteiger charge is -2.38. The number of hydrogen-bond acceptors (Lipinski definition) is 6. The van der Waals surface area contributed by atoms with Crippen molar-refractivity contribution in [3.8, 4) is 16.9 Å². The Labute approximate surface area is 208 Å². The molecule has 3 aromatic rings. The normalized spacial score (nSPS) is 18.3. The Hall–Kier alpha value is -3.07. The van der Waals surface area contributed by atoms with Crippen molar-refractivity contribution in [1.29, 1.82) is 0 Å². The van der Waals surface area contributed by atoms with Gasteiger partial charge in [0.1, 0.15) is 5.75 Å². The summed E-state index contributed by atoms with van der Waals surface area (Å²) in [5.41, 5.74) is 4.38. The highest BCUT2D eigenvalue weighted by atomic mass is 32.2. The molecule has 0 aliphatic carbocycles. The second-order valence-corrected chi connectivity index (χ2v) is 10.7.